The zero-order valence-electron chi connectivity index (χ0n) is 13.6. The normalized spacial score (nSPS) is 17.4. The van der Waals surface area contributed by atoms with E-state index in [4.69, 9.17) is 5.14 Å². The molecule has 144 valence electrons. The van der Waals surface area contributed by atoms with Gasteiger partial charge in [-0.2, -0.15) is 13.2 Å². The van der Waals surface area contributed by atoms with E-state index >= 15 is 0 Å². The highest BCUT2D eigenvalue weighted by molar-refractivity contribution is 7.89. The fraction of sp³-hybridized carbons (Fsp3) is 0.235. The predicted molar refractivity (Wildman–Crippen MR) is 88.0 cm³/mol. The van der Waals surface area contributed by atoms with Crippen LogP contribution in [0.4, 0.5) is 22.0 Å². The van der Waals surface area contributed by atoms with Crippen LogP contribution in [0.2, 0.25) is 0 Å². The minimum atomic E-state index is -4.52. The van der Waals surface area contributed by atoms with Gasteiger partial charge >= 0.3 is 6.18 Å². The van der Waals surface area contributed by atoms with Gasteiger partial charge in [-0.15, -0.1) is 0 Å². The number of primary sulfonamides is 1. The monoisotopic (exact) mass is 404 g/mol. The third kappa shape index (κ3) is 4.16. The summed E-state index contributed by atoms with van der Waals surface area (Å²) in [5.74, 6) is -3.06. The molecule has 2 N–H and O–H groups in total. The lowest BCUT2D eigenvalue weighted by Gasteiger charge is -2.10. The van der Waals surface area contributed by atoms with Crippen LogP contribution in [0.1, 0.15) is 29.5 Å². The molecular formula is C17H13F5N2O2S. The Morgan fingerprint density at radius 3 is 1.89 bits per heavy atom. The van der Waals surface area contributed by atoms with Crippen LogP contribution < -0.4 is 5.14 Å². The van der Waals surface area contributed by atoms with Crippen LogP contribution in [0.25, 0.3) is 11.1 Å². The minimum Gasteiger partial charge on any atom is -0.243 e. The fourth-order valence-electron chi connectivity index (χ4n) is 2.93. The van der Waals surface area contributed by atoms with Crippen LogP contribution in [0, 0.1) is 0 Å². The van der Waals surface area contributed by atoms with Crippen LogP contribution in [-0.2, 0) is 16.2 Å². The molecule has 0 aliphatic heterocycles. The molecule has 4 nitrogen and oxygen atoms in total. The molecule has 27 heavy (non-hydrogen) atoms. The van der Waals surface area contributed by atoms with E-state index in [0.717, 1.165) is 36.5 Å². The maximum Gasteiger partial charge on any atom is 0.416 e. The molecule has 0 amide bonds. The molecule has 0 saturated carbocycles. The number of pyridine rings is 1. The number of rotatable bonds is 3. The second-order valence-corrected chi connectivity index (χ2v) is 7.68. The summed E-state index contributed by atoms with van der Waals surface area (Å²) in [5, 5.41) is 4.55. The average Bonchev–Trinajstić information content (AvgIpc) is 2.89. The van der Waals surface area contributed by atoms with Gasteiger partial charge < -0.3 is 0 Å². The molecule has 3 rings (SSSR count). The number of aromatic nitrogens is 1. The van der Waals surface area contributed by atoms with Gasteiger partial charge in [0, 0.05) is 19.0 Å². The van der Waals surface area contributed by atoms with Crippen molar-refractivity contribution in [2.75, 3.05) is 0 Å². The Labute approximate surface area is 151 Å². The van der Waals surface area contributed by atoms with Crippen molar-refractivity contribution in [3.8, 4) is 0 Å². The molecule has 0 bridgehead atoms. The summed E-state index contributed by atoms with van der Waals surface area (Å²) in [7, 11) is -4.03. The molecule has 1 aliphatic rings. The predicted octanol–water partition coefficient (Wildman–Crippen LogP) is 4.09. The molecule has 1 heterocycles. The summed E-state index contributed by atoms with van der Waals surface area (Å²) in [6.45, 7) is 0. The highest BCUT2D eigenvalue weighted by Crippen LogP contribution is 2.48. The van der Waals surface area contributed by atoms with Crippen molar-refractivity contribution in [2.24, 2.45) is 5.14 Å². The number of hydrogen-bond donors (Lipinski definition) is 1. The minimum absolute atomic E-state index is 0.193. The van der Waals surface area contributed by atoms with E-state index in [1.807, 2.05) is 0 Å². The van der Waals surface area contributed by atoms with E-state index in [9.17, 15) is 30.4 Å². The van der Waals surface area contributed by atoms with Gasteiger partial charge in [0.15, 0.2) is 5.03 Å². The van der Waals surface area contributed by atoms with Crippen LogP contribution in [-0.4, -0.2) is 19.3 Å². The summed E-state index contributed by atoms with van der Waals surface area (Å²) in [6.07, 6.45) is -4.67. The molecule has 10 heteroatoms. The second-order valence-electron chi connectivity index (χ2n) is 6.17. The zero-order chi connectivity index (χ0) is 20.0. The maximum absolute atomic E-state index is 14.0. The van der Waals surface area contributed by atoms with Gasteiger partial charge in [0.2, 0.25) is 0 Å². The van der Waals surface area contributed by atoms with Gasteiger partial charge in [-0.25, -0.2) is 27.3 Å². The number of nitrogens with zero attached hydrogens (tertiary/aromatic N) is 1. The van der Waals surface area contributed by atoms with Crippen LogP contribution >= 0.6 is 0 Å². The Kier molecular flexibility index (Phi) is 4.59. The fourth-order valence-corrected chi connectivity index (χ4v) is 3.39. The van der Waals surface area contributed by atoms with Crippen molar-refractivity contribution >= 4 is 21.2 Å². The van der Waals surface area contributed by atoms with E-state index in [2.05, 4.69) is 4.98 Å². The number of halogens is 5. The molecule has 0 atom stereocenters. The van der Waals surface area contributed by atoms with Crippen LogP contribution in [0.3, 0.4) is 0 Å². The Balaban J connectivity index is 2.04. The molecule has 1 aliphatic carbocycles. The summed E-state index contributed by atoms with van der Waals surface area (Å²) < 4.78 is 88.6. The molecule has 0 spiro atoms. The maximum atomic E-state index is 14.0. The van der Waals surface area contributed by atoms with E-state index in [1.54, 1.807) is 0 Å². The standard InChI is InChI=1S/C17H13F5N2O2S/c18-16(19)7-13(10-1-4-12(5-2-10)17(20,21)22)14(8-16)11-3-6-15(24-9-11)27(23,25)26/h1-6,9H,7-8H2,(H2,23,25,26). The van der Waals surface area contributed by atoms with Crippen molar-refractivity contribution in [3.05, 3.63) is 59.3 Å². The van der Waals surface area contributed by atoms with Gasteiger partial charge in [0.05, 0.1) is 5.56 Å². The number of hydrogen-bond acceptors (Lipinski definition) is 3. The molecule has 0 fully saturated rings. The third-order valence-corrected chi connectivity index (χ3v) is 5.00. The highest BCUT2D eigenvalue weighted by atomic mass is 32.2. The molecular weight excluding hydrogens is 391 g/mol. The Morgan fingerprint density at radius 2 is 1.44 bits per heavy atom. The van der Waals surface area contributed by atoms with Crippen molar-refractivity contribution in [1.29, 1.82) is 0 Å². The quantitative estimate of drug-likeness (QED) is 0.784. The summed E-state index contributed by atoms with van der Waals surface area (Å²) in [5.41, 5.74) is 0.0182. The second kappa shape index (κ2) is 6.38. The lowest BCUT2D eigenvalue weighted by atomic mass is 9.97. The molecule has 0 radical (unpaired) electrons. The number of benzene rings is 1. The van der Waals surface area contributed by atoms with Crippen molar-refractivity contribution < 1.29 is 30.4 Å². The summed E-state index contributed by atoms with van der Waals surface area (Å²) in [4.78, 5) is 3.68. The van der Waals surface area contributed by atoms with Gasteiger partial charge in [-0.3, -0.25) is 0 Å². The zero-order valence-corrected chi connectivity index (χ0v) is 14.4. The van der Waals surface area contributed by atoms with E-state index in [-0.39, 0.29) is 22.3 Å². The molecule has 1 aromatic heterocycles. The number of sulfonamides is 1. The first-order chi connectivity index (χ1) is 12.4. The van der Waals surface area contributed by atoms with E-state index in [0.29, 0.717) is 0 Å². The molecule has 2 aromatic rings. The van der Waals surface area contributed by atoms with Gasteiger partial charge in [-0.05, 0) is 40.5 Å². The highest BCUT2D eigenvalue weighted by Gasteiger charge is 2.40. The Morgan fingerprint density at radius 1 is 0.926 bits per heavy atom. The first-order valence-electron chi connectivity index (χ1n) is 7.63. The first-order valence-corrected chi connectivity index (χ1v) is 9.18. The largest absolute Gasteiger partial charge is 0.416 e. The van der Waals surface area contributed by atoms with Crippen molar-refractivity contribution in [3.63, 3.8) is 0 Å². The lowest BCUT2D eigenvalue weighted by molar-refractivity contribution is -0.137. The Bertz CT molecular complexity index is 995. The molecule has 0 saturated heterocycles. The van der Waals surface area contributed by atoms with Crippen LogP contribution in [0.15, 0.2) is 47.6 Å². The molecule has 1 aromatic carbocycles. The molecule has 0 unspecified atom stereocenters. The van der Waals surface area contributed by atoms with Gasteiger partial charge in [-0.1, -0.05) is 18.2 Å². The number of alkyl halides is 5. The topological polar surface area (TPSA) is 73.1 Å². The lowest BCUT2D eigenvalue weighted by Crippen LogP contribution is -2.14. The van der Waals surface area contributed by atoms with Crippen molar-refractivity contribution in [1.82, 2.24) is 4.98 Å². The summed E-state index contributed by atoms with van der Waals surface area (Å²) in [6, 6.07) is 6.35. The smallest absolute Gasteiger partial charge is 0.243 e. The van der Waals surface area contributed by atoms with E-state index in [1.165, 1.54) is 6.07 Å². The summed E-state index contributed by atoms with van der Waals surface area (Å²) >= 11 is 0. The SMILES string of the molecule is NS(=O)(=O)c1ccc(C2=C(c3ccc(C(F)(F)F)cc3)CC(F)(F)C2)cn1. The average molecular weight is 404 g/mol. The van der Waals surface area contributed by atoms with E-state index < -0.39 is 45.6 Å². The van der Waals surface area contributed by atoms with Crippen molar-refractivity contribution in [2.45, 2.75) is 30.0 Å². The number of allylic oxidation sites excluding steroid dienone is 2. The number of nitrogens with two attached hydrogens (primary N) is 1. The third-order valence-electron chi connectivity index (χ3n) is 4.17. The first kappa shape index (κ1) is 19.4. The van der Waals surface area contributed by atoms with Gasteiger partial charge in [0.1, 0.15) is 0 Å². The van der Waals surface area contributed by atoms with Gasteiger partial charge in [0.25, 0.3) is 15.9 Å². The Hall–Kier alpha value is -2.33. The van der Waals surface area contributed by atoms with Crippen LogP contribution in [0.5, 0.6) is 0 Å².